The molecular formula is C16H9ClF3NO. The van der Waals surface area contributed by atoms with Gasteiger partial charge in [0.05, 0.1) is 16.1 Å². The lowest BCUT2D eigenvalue weighted by Gasteiger charge is -2.14. The van der Waals surface area contributed by atoms with Crippen molar-refractivity contribution < 1.29 is 13.2 Å². The summed E-state index contributed by atoms with van der Waals surface area (Å²) in [6, 6.07) is 12.8. The molecule has 0 saturated heterocycles. The summed E-state index contributed by atoms with van der Waals surface area (Å²) in [5.74, 6) is 0. The van der Waals surface area contributed by atoms with Crippen LogP contribution in [0, 0.1) is 0 Å². The van der Waals surface area contributed by atoms with E-state index >= 15 is 0 Å². The Labute approximate surface area is 128 Å². The van der Waals surface area contributed by atoms with Crippen molar-refractivity contribution in [3.8, 4) is 5.69 Å². The second-order valence-corrected chi connectivity index (χ2v) is 5.14. The highest BCUT2D eigenvalue weighted by molar-refractivity contribution is 6.35. The molecule has 0 atom stereocenters. The zero-order chi connectivity index (χ0) is 15.9. The Morgan fingerprint density at radius 2 is 1.64 bits per heavy atom. The molecule has 0 unspecified atom stereocenters. The smallest absolute Gasteiger partial charge is 0.277 e. The van der Waals surface area contributed by atoms with E-state index in [0.717, 1.165) is 12.1 Å². The summed E-state index contributed by atoms with van der Waals surface area (Å²) in [5, 5.41) is 0.513. The predicted octanol–water partition coefficient (Wildman–Crippen LogP) is 4.66. The Morgan fingerprint density at radius 3 is 2.27 bits per heavy atom. The molecule has 3 aromatic rings. The maximum absolute atomic E-state index is 12.9. The van der Waals surface area contributed by atoms with Gasteiger partial charge >= 0.3 is 6.18 Å². The normalized spacial score (nSPS) is 11.8. The Balaban J connectivity index is 2.42. The Hall–Kier alpha value is -2.27. The van der Waals surface area contributed by atoms with E-state index in [1.54, 1.807) is 30.3 Å². The summed E-state index contributed by atoms with van der Waals surface area (Å²) in [7, 11) is 0. The molecule has 0 spiro atoms. The molecule has 112 valence electrons. The number of halogens is 4. The molecule has 0 amide bonds. The van der Waals surface area contributed by atoms with Crippen LogP contribution in [0.1, 0.15) is 5.56 Å². The van der Waals surface area contributed by atoms with Gasteiger partial charge in [-0.2, -0.15) is 13.2 Å². The number of para-hydroxylation sites is 1. The summed E-state index contributed by atoms with van der Waals surface area (Å²) in [5.41, 5.74) is -0.707. The number of benzene rings is 2. The number of hydrogen-bond acceptors (Lipinski definition) is 1. The highest BCUT2D eigenvalue weighted by Gasteiger charge is 2.31. The van der Waals surface area contributed by atoms with Crippen LogP contribution in [-0.2, 0) is 6.18 Å². The van der Waals surface area contributed by atoms with Crippen LogP contribution in [0.25, 0.3) is 16.6 Å². The van der Waals surface area contributed by atoms with Gasteiger partial charge in [-0.25, -0.2) is 0 Å². The second kappa shape index (κ2) is 5.18. The molecule has 0 aliphatic heterocycles. The number of rotatable bonds is 1. The lowest BCUT2D eigenvalue weighted by molar-refractivity contribution is -0.137. The Bertz CT molecular complexity index is 901. The van der Waals surface area contributed by atoms with Crippen LogP contribution in [0.5, 0.6) is 0 Å². The number of aromatic nitrogens is 1. The molecule has 6 heteroatoms. The molecule has 2 aromatic carbocycles. The molecule has 0 saturated carbocycles. The summed E-state index contributed by atoms with van der Waals surface area (Å²) in [6.07, 6.45) is -4.49. The van der Waals surface area contributed by atoms with Crippen molar-refractivity contribution in [2.75, 3.05) is 0 Å². The fraction of sp³-hybridized carbons (Fsp3) is 0.0625. The minimum Gasteiger partial charge on any atom is -0.277 e. The van der Waals surface area contributed by atoms with Crippen LogP contribution in [0.15, 0.2) is 59.4 Å². The van der Waals surface area contributed by atoms with E-state index in [4.69, 9.17) is 11.6 Å². The van der Waals surface area contributed by atoms with Crippen molar-refractivity contribution in [3.63, 3.8) is 0 Å². The van der Waals surface area contributed by atoms with Crippen LogP contribution in [0.4, 0.5) is 13.2 Å². The van der Waals surface area contributed by atoms with E-state index in [1.165, 1.54) is 16.7 Å². The standard InChI is InChI=1S/C16H9ClF3NO/c17-13-9-15(22)21(11-4-2-1-3-5-11)14-8-10(16(18,19)20)6-7-12(13)14/h1-9H. The third-order valence-electron chi connectivity index (χ3n) is 3.31. The zero-order valence-corrected chi connectivity index (χ0v) is 11.8. The van der Waals surface area contributed by atoms with Gasteiger partial charge in [-0.3, -0.25) is 9.36 Å². The van der Waals surface area contributed by atoms with Crippen LogP contribution in [0.3, 0.4) is 0 Å². The summed E-state index contributed by atoms with van der Waals surface area (Å²) in [4.78, 5) is 12.2. The van der Waals surface area contributed by atoms with E-state index in [1.807, 2.05) is 0 Å². The molecule has 0 fully saturated rings. The SMILES string of the molecule is O=c1cc(Cl)c2ccc(C(F)(F)F)cc2n1-c1ccccc1. The first kappa shape index (κ1) is 14.7. The van der Waals surface area contributed by atoms with E-state index in [9.17, 15) is 18.0 Å². The largest absolute Gasteiger partial charge is 0.416 e. The lowest BCUT2D eigenvalue weighted by Crippen LogP contribution is -2.18. The van der Waals surface area contributed by atoms with Crippen molar-refractivity contribution in [2.45, 2.75) is 6.18 Å². The van der Waals surface area contributed by atoms with Gasteiger partial charge in [0.25, 0.3) is 5.56 Å². The summed E-state index contributed by atoms with van der Waals surface area (Å²) in [6.45, 7) is 0. The third-order valence-corrected chi connectivity index (χ3v) is 3.62. The molecular weight excluding hydrogens is 315 g/mol. The molecule has 1 heterocycles. The Morgan fingerprint density at radius 1 is 0.955 bits per heavy atom. The fourth-order valence-electron chi connectivity index (χ4n) is 2.31. The monoisotopic (exact) mass is 323 g/mol. The maximum Gasteiger partial charge on any atom is 0.416 e. The molecule has 0 radical (unpaired) electrons. The van der Waals surface area contributed by atoms with E-state index in [-0.39, 0.29) is 10.5 Å². The quantitative estimate of drug-likeness (QED) is 0.638. The minimum atomic E-state index is -4.49. The predicted molar refractivity (Wildman–Crippen MR) is 79.6 cm³/mol. The summed E-state index contributed by atoms with van der Waals surface area (Å²) >= 11 is 5.99. The average Bonchev–Trinajstić information content (AvgIpc) is 2.47. The van der Waals surface area contributed by atoms with Gasteiger partial charge in [-0.15, -0.1) is 0 Å². The lowest BCUT2D eigenvalue weighted by atomic mass is 10.1. The number of nitrogens with zero attached hydrogens (tertiary/aromatic N) is 1. The second-order valence-electron chi connectivity index (χ2n) is 4.73. The fourth-order valence-corrected chi connectivity index (χ4v) is 2.56. The third kappa shape index (κ3) is 2.48. The first-order chi connectivity index (χ1) is 10.4. The van der Waals surface area contributed by atoms with E-state index in [2.05, 4.69) is 0 Å². The van der Waals surface area contributed by atoms with E-state index < -0.39 is 17.3 Å². The molecule has 0 aliphatic carbocycles. The van der Waals surface area contributed by atoms with E-state index in [0.29, 0.717) is 11.1 Å². The molecule has 1 aromatic heterocycles. The highest BCUT2D eigenvalue weighted by Crippen LogP contribution is 2.33. The topological polar surface area (TPSA) is 22.0 Å². The van der Waals surface area contributed by atoms with Crippen LogP contribution in [-0.4, -0.2) is 4.57 Å². The molecule has 22 heavy (non-hydrogen) atoms. The zero-order valence-electron chi connectivity index (χ0n) is 11.1. The number of fused-ring (bicyclic) bond motifs is 1. The van der Waals surface area contributed by atoms with Crippen molar-refractivity contribution in [1.82, 2.24) is 4.57 Å². The first-order valence-corrected chi connectivity index (χ1v) is 6.73. The van der Waals surface area contributed by atoms with Crippen LogP contribution >= 0.6 is 11.6 Å². The number of pyridine rings is 1. The van der Waals surface area contributed by atoms with Gasteiger partial charge in [0.2, 0.25) is 0 Å². The van der Waals surface area contributed by atoms with Gasteiger partial charge < -0.3 is 0 Å². The molecule has 0 bridgehead atoms. The first-order valence-electron chi connectivity index (χ1n) is 6.36. The Kier molecular flexibility index (Phi) is 3.45. The maximum atomic E-state index is 12.9. The van der Waals surface area contributed by atoms with Crippen molar-refractivity contribution in [3.05, 3.63) is 75.5 Å². The van der Waals surface area contributed by atoms with Crippen molar-refractivity contribution >= 4 is 22.5 Å². The van der Waals surface area contributed by atoms with Crippen molar-refractivity contribution in [1.29, 1.82) is 0 Å². The van der Waals surface area contributed by atoms with Gasteiger partial charge in [0.1, 0.15) is 0 Å². The van der Waals surface area contributed by atoms with Gasteiger partial charge in [-0.1, -0.05) is 35.9 Å². The van der Waals surface area contributed by atoms with Gasteiger partial charge in [0, 0.05) is 17.1 Å². The minimum absolute atomic E-state index is 0.124. The van der Waals surface area contributed by atoms with Crippen molar-refractivity contribution in [2.24, 2.45) is 0 Å². The van der Waals surface area contributed by atoms with Crippen LogP contribution in [0.2, 0.25) is 5.02 Å². The molecule has 0 N–H and O–H groups in total. The number of alkyl halides is 3. The number of hydrogen-bond donors (Lipinski definition) is 0. The average molecular weight is 324 g/mol. The molecule has 0 aliphatic rings. The summed E-state index contributed by atoms with van der Waals surface area (Å²) < 4.78 is 40.0. The van der Waals surface area contributed by atoms with Gasteiger partial charge in [-0.05, 0) is 24.3 Å². The highest BCUT2D eigenvalue weighted by atomic mass is 35.5. The molecule has 2 nitrogen and oxygen atoms in total. The van der Waals surface area contributed by atoms with Crippen LogP contribution < -0.4 is 5.56 Å². The molecule has 3 rings (SSSR count). The van der Waals surface area contributed by atoms with Gasteiger partial charge in [0.15, 0.2) is 0 Å².